The smallest absolute Gasteiger partial charge is 0.339 e. The van der Waals surface area contributed by atoms with Crippen molar-refractivity contribution in [3.05, 3.63) is 23.2 Å². The maximum atomic E-state index is 12.5. The minimum absolute atomic E-state index is 0.0950. The zero-order valence-corrected chi connectivity index (χ0v) is 13.5. The monoisotopic (exact) mass is 326 g/mol. The number of carbonyl (C=O) groups excluding carboxylic acids is 2. The average molecular weight is 326 g/mol. The Morgan fingerprint density at radius 3 is 2.73 bits per heavy atom. The number of rotatable bonds is 4. The average Bonchev–Trinajstić information content (AvgIpc) is 3.04. The molecule has 2 rings (SSSR count). The van der Waals surface area contributed by atoms with E-state index in [2.05, 4.69) is 0 Å². The fourth-order valence-corrected chi connectivity index (χ4v) is 3.57. The van der Waals surface area contributed by atoms with Gasteiger partial charge in [-0.15, -0.1) is 11.8 Å². The molecule has 1 atom stereocenters. The van der Waals surface area contributed by atoms with Crippen LogP contribution in [0.4, 0.5) is 0 Å². The summed E-state index contributed by atoms with van der Waals surface area (Å²) in [4.78, 5) is 38.0. The predicted molar refractivity (Wildman–Crippen MR) is 80.5 cm³/mol. The molecule has 1 aromatic heterocycles. The molecule has 1 aromatic rings. The Labute approximate surface area is 132 Å². The van der Waals surface area contributed by atoms with Crippen LogP contribution in [0.2, 0.25) is 0 Å². The minimum Gasteiger partial charge on any atom is -0.478 e. The zero-order chi connectivity index (χ0) is 16.4. The number of carboxylic acids is 1. The van der Waals surface area contributed by atoms with E-state index in [9.17, 15) is 14.4 Å². The lowest BCUT2D eigenvalue weighted by atomic mass is 10.2. The van der Waals surface area contributed by atoms with E-state index in [0.29, 0.717) is 23.2 Å². The van der Waals surface area contributed by atoms with E-state index < -0.39 is 12.0 Å². The largest absolute Gasteiger partial charge is 0.478 e. The van der Waals surface area contributed by atoms with Gasteiger partial charge in [0.15, 0.2) is 0 Å². The lowest BCUT2D eigenvalue weighted by molar-refractivity contribution is -0.142. The fraction of sp³-hybridized carbons (Fsp3) is 0.500. The van der Waals surface area contributed by atoms with Gasteiger partial charge >= 0.3 is 5.97 Å². The van der Waals surface area contributed by atoms with E-state index in [1.54, 1.807) is 18.9 Å². The van der Waals surface area contributed by atoms with Gasteiger partial charge in [-0.1, -0.05) is 0 Å². The molecule has 0 bridgehead atoms. The molecule has 22 heavy (non-hydrogen) atoms. The molecule has 0 aliphatic carbocycles. The van der Waals surface area contributed by atoms with Gasteiger partial charge in [0.2, 0.25) is 11.8 Å². The third-order valence-electron chi connectivity index (χ3n) is 3.54. The van der Waals surface area contributed by atoms with Crippen LogP contribution in [0.25, 0.3) is 0 Å². The first-order valence-corrected chi connectivity index (χ1v) is 7.89. The van der Waals surface area contributed by atoms with Crippen LogP contribution in [0, 0.1) is 6.92 Å². The standard InChI is InChI=1S/C14H18N2O5S/c1-8-11(14(19)20)4-10(21-8)5-15(3)13(18)12-6-22-7-16(12)9(2)17/h4,12H,5-7H2,1-3H3,(H,19,20)/t12-/m1/s1. The Bertz CT molecular complexity index is 612. The molecule has 7 nitrogen and oxygen atoms in total. The van der Waals surface area contributed by atoms with Gasteiger partial charge in [-0.05, 0) is 13.0 Å². The highest BCUT2D eigenvalue weighted by molar-refractivity contribution is 7.99. The van der Waals surface area contributed by atoms with Crippen LogP contribution in [0.5, 0.6) is 0 Å². The highest BCUT2D eigenvalue weighted by Crippen LogP contribution is 2.23. The minimum atomic E-state index is -1.06. The van der Waals surface area contributed by atoms with E-state index >= 15 is 0 Å². The summed E-state index contributed by atoms with van der Waals surface area (Å²) in [6.07, 6.45) is 0. The molecule has 0 unspecified atom stereocenters. The number of thioether (sulfide) groups is 1. The number of aryl methyl sites for hydroxylation is 1. The number of furan rings is 1. The van der Waals surface area contributed by atoms with E-state index in [0.717, 1.165) is 0 Å². The molecule has 1 fully saturated rings. The second-order valence-corrected chi connectivity index (χ2v) is 6.19. The molecule has 2 heterocycles. The summed E-state index contributed by atoms with van der Waals surface area (Å²) in [5, 5.41) is 9.00. The third kappa shape index (κ3) is 3.27. The van der Waals surface area contributed by atoms with E-state index in [1.165, 1.54) is 29.7 Å². The summed E-state index contributed by atoms with van der Waals surface area (Å²) in [5.74, 6) is 0.445. The molecule has 0 spiro atoms. The lowest BCUT2D eigenvalue weighted by Crippen LogP contribution is -2.46. The van der Waals surface area contributed by atoms with E-state index in [1.807, 2.05) is 0 Å². The molecule has 8 heteroatoms. The van der Waals surface area contributed by atoms with Crippen molar-refractivity contribution < 1.29 is 23.9 Å². The first-order chi connectivity index (χ1) is 10.3. The number of carboxylic acid groups (broad SMARTS) is 1. The van der Waals surface area contributed by atoms with Gasteiger partial charge in [0.25, 0.3) is 0 Å². The normalized spacial score (nSPS) is 17.6. The van der Waals surface area contributed by atoms with Gasteiger partial charge in [0, 0.05) is 19.7 Å². The van der Waals surface area contributed by atoms with E-state index in [4.69, 9.17) is 9.52 Å². The van der Waals surface area contributed by atoms with Crippen molar-refractivity contribution >= 4 is 29.5 Å². The molecule has 0 aromatic carbocycles. The van der Waals surface area contributed by atoms with Crippen LogP contribution >= 0.6 is 11.8 Å². The topological polar surface area (TPSA) is 91.1 Å². The molecule has 1 aliphatic rings. The SMILES string of the molecule is CC(=O)N1CSC[C@@H]1C(=O)N(C)Cc1cc(C(=O)O)c(C)o1. The lowest BCUT2D eigenvalue weighted by Gasteiger charge is -2.26. The van der Waals surface area contributed by atoms with Crippen LogP contribution < -0.4 is 0 Å². The first kappa shape index (κ1) is 16.4. The van der Waals surface area contributed by atoms with Crippen LogP contribution in [0.1, 0.15) is 28.8 Å². The highest BCUT2D eigenvalue weighted by atomic mass is 32.2. The number of likely N-dealkylation sites (N-methyl/N-ethyl adjacent to an activating group) is 1. The summed E-state index contributed by atoms with van der Waals surface area (Å²) in [7, 11) is 1.61. The van der Waals surface area contributed by atoms with Gasteiger partial charge in [0.05, 0.1) is 12.4 Å². The van der Waals surface area contributed by atoms with Crippen molar-refractivity contribution in [2.45, 2.75) is 26.4 Å². The van der Waals surface area contributed by atoms with Gasteiger partial charge < -0.3 is 19.3 Å². The van der Waals surface area contributed by atoms with Crippen molar-refractivity contribution in [1.82, 2.24) is 9.80 Å². The quantitative estimate of drug-likeness (QED) is 0.893. The Hall–Kier alpha value is -1.96. The molecule has 1 aliphatic heterocycles. The summed E-state index contributed by atoms with van der Waals surface area (Å²) in [6.45, 7) is 3.18. The zero-order valence-electron chi connectivity index (χ0n) is 12.7. The van der Waals surface area contributed by atoms with Crippen molar-refractivity contribution in [3.63, 3.8) is 0 Å². The van der Waals surface area contributed by atoms with Crippen LogP contribution in [0.3, 0.4) is 0 Å². The van der Waals surface area contributed by atoms with Gasteiger partial charge in [-0.2, -0.15) is 0 Å². The summed E-state index contributed by atoms with van der Waals surface area (Å²) >= 11 is 1.54. The van der Waals surface area contributed by atoms with Crippen LogP contribution in [-0.4, -0.2) is 57.4 Å². The number of nitrogens with zero attached hydrogens (tertiary/aromatic N) is 2. The number of amides is 2. The van der Waals surface area contributed by atoms with Crippen LogP contribution in [-0.2, 0) is 16.1 Å². The molecule has 2 amide bonds. The van der Waals surface area contributed by atoms with Crippen molar-refractivity contribution in [3.8, 4) is 0 Å². The van der Waals surface area contributed by atoms with Crippen LogP contribution in [0.15, 0.2) is 10.5 Å². The summed E-state index contributed by atoms with van der Waals surface area (Å²) in [5.41, 5.74) is 0.0950. The third-order valence-corrected chi connectivity index (χ3v) is 4.55. The number of hydrogen-bond acceptors (Lipinski definition) is 5. The Kier molecular flexibility index (Phi) is 4.80. The second kappa shape index (κ2) is 6.43. The summed E-state index contributed by atoms with van der Waals surface area (Å²) < 4.78 is 5.37. The number of aromatic carboxylic acids is 1. The Morgan fingerprint density at radius 2 is 2.18 bits per heavy atom. The van der Waals surface area contributed by atoms with E-state index in [-0.39, 0.29) is 23.9 Å². The highest BCUT2D eigenvalue weighted by Gasteiger charge is 2.34. The van der Waals surface area contributed by atoms with Gasteiger partial charge in [0.1, 0.15) is 23.1 Å². The maximum absolute atomic E-state index is 12.5. The molecule has 0 saturated carbocycles. The fourth-order valence-electron chi connectivity index (χ4n) is 2.36. The Balaban J connectivity index is 2.07. The molecule has 120 valence electrons. The molecular weight excluding hydrogens is 308 g/mol. The van der Waals surface area contributed by atoms with Crippen molar-refractivity contribution in [2.75, 3.05) is 18.7 Å². The molecule has 1 saturated heterocycles. The van der Waals surface area contributed by atoms with Gasteiger partial charge in [-0.25, -0.2) is 4.79 Å². The summed E-state index contributed by atoms with van der Waals surface area (Å²) in [6, 6.07) is 0.954. The van der Waals surface area contributed by atoms with Crippen molar-refractivity contribution in [1.29, 1.82) is 0 Å². The van der Waals surface area contributed by atoms with Crippen molar-refractivity contribution in [2.24, 2.45) is 0 Å². The Morgan fingerprint density at radius 1 is 1.50 bits per heavy atom. The maximum Gasteiger partial charge on any atom is 0.339 e. The number of hydrogen-bond donors (Lipinski definition) is 1. The molecule has 0 radical (unpaired) electrons. The molecule has 1 N–H and O–H groups in total. The van der Waals surface area contributed by atoms with Gasteiger partial charge in [-0.3, -0.25) is 9.59 Å². The predicted octanol–water partition coefficient (Wildman–Crippen LogP) is 1.17. The second-order valence-electron chi connectivity index (χ2n) is 5.19. The first-order valence-electron chi connectivity index (χ1n) is 6.73. The molecular formula is C14H18N2O5S. The number of carbonyl (C=O) groups is 3.